The van der Waals surface area contributed by atoms with E-state index < -0.39 is 10.0 Å². The zero-order chi connectivity index (χ0) is 18.0. The maximum Gasteiger partial charge on any atom is 0.262 e. The lowest BCUT2D eigenvalue weighted by Gasteiger charge is -2.19. The number of carbonyl (C=O) groups is 1. The van der Waals surface area contributed by atoms with E-state index in [1.165, 1.54) is 19.2 Å². The Morgan fingerprint density at radius 1 is 1.32 bits per heavy atom. The molecule has 0 unspecified atom stereocenters. The minimum atomic E-state index is -3.87. The minimum Gasteiger partial charge on any atom is -0.497 e. The first-order valence-corrected chi connectivity index (χ1v) is 9.14. The van der Waals surface area contributed by atoms with E-state index in [4.69, 9.17) is 21.1 Å². The average molecular weight is 383 g/mol. The SMILES string of the molecule is COc1cccc(CNS(=O)(=O)c2cc3c(cc2Cl)NC(=O)CO3)c1. The van der Waals surface area contributed by atoms with E-state index >= 15 is 0 Å². The Hall–Kier alpha value is -2.29. The van der Waals surface area contributed by atoms with E-state index in [-0.39, 0.29) is 34.7 Å². The average Bonchev–Trinajstić information content (AvgIpc) is 2.59. The summed E-state index contributed by atoms with van der Waals surface area (Å²) in [6.07, 6.45) is 0. The molecule has 1 aliphatic heterocycles. The van der Waals surface area contributed by atoms with Crippen molar-refractivity contribution >= 4 is 33.2 Å². The molecule has 1 heterocycles. The summed E-state index contributed by atoms with van der Waals surface area (Å²) in [5.41, 5.74) is 1.08. The van der Waals surface area contributed by atoms with Gasteiger partial charge >= 0.3 is 0 Å². The lowest BCUT2D eigenvalue weighted by molar-refractivity contribution is -0.118. The summed E-state index contributed by atoms with van der Waals surface area (Å²) < 4.78 is 38.0. The van der Waals surface area contributed by atoms with Gasteiger partial charge in [0, 0.05) is 12.6 Å². The van der Waals surface area contributed by atoms with Crippen molar-refractivity contribution < 1.29 is 22.7 Å². The van der Waals surface area contributed by atoms with E-state index in [0.29, 0.717) is 11.4 Å². The van der Waals surface area contributed by atoms with Gasteiger partial charge in [-0.3, -0.25) is 4.79 Å². The highest BCUT2D eigenvalue weighted by Gasteiger charge is 2.24. The number of halogens is 1. The molecule has 2 N–H and O–H groups in total. The maximum atomic E-state index is 12.6. The molecule has 0 aromatic heterocycles. The van der Waals surface area contributed by atoms with Gasteiger partial charge in [-0.2, -0.15) is 0 Å². The molecule has 0 fully saturated rings. The van der Waals surface area contributed by atoms with Crippen LogP contribution in [0.3, 0.4) is 0 Å². The normalized spacial score (nSPS) is 13.6. The Morgan fingerprint density at radius 3 is 2.88 bits per heavy atom. The van der Waals surface area contributed by atoms with Crippen molar-refractivity contribution in [2.24, 2.45) is 0 Å². The van der Waals surface area contributed by atoms with Gasteiger partial charge in [-0.15, -0.1) is 0 Å². The van der Waals surface area contributed by atoms with Gasteiger partial charge in [0.1, 0.15) is 16.4 Å². The van der Waals surface area contributed by atoms with Gasteiger partial charge in [-0.25, -0.2) is 13.1 Å². The number of ether oxygens (including phenoxy) is 2. The summed E-state index contributed by atoms with van der Waals surface area (Å²) in [7, 11) is -2.33. The van der Waals surface area contributed by atoms with Crippen LogP contribution in [0.1, 0.15) is 5.56 Å². The number of fused-ring (bicyclic) bond motifs is 1. The van der Waals surface area contributed by atoms with Gasteiger partial charge < -0.3 is 14.8 Å². The van der Waals surface area contributed by atoms with Crippen LogP contribution in [-0.4, -0.2) is 28.0 Å². The first-order valence-electron chi connectivity index (χ1n) is 7.28. The van der Waals surface area contributed by atoms with E-state index in [9.17, 15) is 13.2 Å². The van der Waals surface area contributed by atoms with Crippen molar-refractivity contribution in [3.63, 3.8) is 0 Å². The molecule has 0 radical (unpaired) electrons. The van der Waals surface area contributed by atoms with Crippen LogP contribution in [0.15, 0.2) is 41.3 Å². The predicted octanol–water partition coefficient (Wildman–Crippen LogP) is 2.16. The fraction of sp³-hybridized carbons (Fsp3) is 0.188. The number of amides is 1. The third-order valence-corrected chi connectivity index (χ3v) is 5.42. The largest absolute Gasteiger partial charge is 0.497 e. The first kappa shape index (κ1) is 17.5. The molecule has 132 valence electrons. The van der Waals surface area contributed by atoms with Gasteiger partial charge in [0.05, 0.1) is 17.8 Å². The standard InChI is InChI=1S/C16H15ClN2O5S/c1-23-11-4-2-3-10(5-11)8-18-25(21,22)15-7-14-13(6-12(15)17)19-16(20)9-24-14/h2-7,18H,8-9H2,1H3,(H,19,20). The van der Waals surface area contributed by atoms with Gasteiger partial charge in [0.25, 0.3) is 5.91 Å². The second-order valence-corrected chi connectivity index (χ2v) is 7.43. The van der Waals surface area contributed by atoms with Crippen LogP contribution in [0.4, 0.5) is 5.69 Å². The molecule has 0 atom stereocenters. The van der Waals surface area contributed by atoms with Crippen LogP contribution in [0.5, 0.6) is 11.5 Å². The highest BCUT2D eigenvalue weighted by molar-refractivity contribution is 7.89. The quantitative estimate of drug-likeness (QED) is 0.826. The van der Waals surface area contributed by atoms with E-state index in [2.05, 4.69) is 10.0 Å². The Kier molecular flexibility index (Phi) is 4.85. The third-order valence-electron chi connectivity index (χ3n) is 3.56. The number of nitrogens with one attached hydrogen (secondary N) is 2. The van der Waals surface area contributed by atoms with Gasteiger partial charge in [-0.05, 0) is 23.8 Å². The van der Waals surface area contributed by atoms with Crippen LogP contribution in [-0.2, 0) is 21.4 Å². The van der Waals surface area contributed by atoms with Crippen LogP contribution >= 0.6 is 11.6 Å². The molecule has 2 aromatic carbocycles. The van der Waals surface area contributed by atoms with E-state index in [0.717, 1.165) is 5.56 Å². The molecule has 9 heteroatoms. The van der Waals surface area contributed by atoms with Crippen molar-refractivity contribution in [1.82, 2.24) is 4.72 Å². The molecule has 2 aromatic rings. The Morgan fingerprint density at radius 2 is 2.12 bits per heavy atom. The summed E-state index contributed by atoms with van der Waals surface area (Å²) in [5, 5.41) is 2.56. The lowest BCUT2D eigenvalue weighted by atomic mass is 10.2. The summed E-state index contributed by atoms with van der Waals surface area (Å²) in [5.74, 6) is 0.564. The summed E-state index contributed by atoms with van der Waals surface area (Å²) in [6, 6.07) is 9.70. The number of hydrogen-bond acceptors (Lipinski definition) is 5. The number of hydrogen-bond donors (Lipinski definition) is 2. The van der Waals surface area contributed by atoms with Crippen molar-refractivity contribution in [1.29, 1.82) is 0 Å². The van der Waals surface area contributed by atoms with Crippen LogP contribution < -0.4 is 19.5 Å². The molecule has 1 aliphatic rings. The number of anilines is 1. The Labute approximate surface area is 149 Å². The Bertz CT molecular complexity index is 930. The van der Waals surface area contributed by atoms with E-state index in [1.807, 2.05) is 0 Å². The number of benzene rings is 2. The predicted molar refractivity (Wildman–Crippen MR) is 92.6 cm³/mol. The molecule has 0 saturated heterocycles. The number of carbonyl (C=O) groups excluding carboxylic acids is 1. The van der Waals surface area contributed by atoms with Gasteiger partial charge in [-0.1, -0.05) is 23.7 Å². The van der Waals surface area contributed by atoms with Gasteiger partial charge in [0.15, 0.2) is 6.61 Å². The zero-order valence-electron chi connectivity index (χ0n) is 13.2. The zero-order valence-corrected chi connectivity index (χ0v) is 14.8. The molecule has 0 spiro atoms. The highest BCUT2D eigenvalue weighted by atomic mass is 35.5. The van der Waals surface area contributed by atoms with Crippen molar-refractivity contribution in [3.8, 4) is 11.5 Å². The van der Waals surface area contributed by atoms with Crippen molar-refractivity contribution in [2.45, 2.75) is 11.4 Å². The molecular formula is C16H15ClN2O5S. The third kappa shape index (κ3) is 3.87. The second kappa shape index (κ2) is 6.91. The number of rotatable bonds is 5. The highest BCUT2D eigenvalue weighted by Crippen LogP contribution is 2.35. The minimum absolute atomic E-state index is 0.0114. The monoisotopic (exact) mass is 382 g/mol. The fourth-order valence-electron chi connectivity index (χ4n) is 2.33. The molecule has 0 saturated carbocycles. The molecule has 3 rings (SSSR count). The number of methoxy groups -OCH3 is 1. The summed E-state index contributed by atoms with van der Waals surface area (Å²) in [6.45, 7) is -0.101. The Balaban J connectivity index is 1.83. The van der Waals surface area contributed by atoms with Crippen LogP contribution in [0.25, 0.3) is 0 Å². The molecule has 1 amide bonds. The first-order chi connectivity index (χ1) is 11.9. The number of sulfonamides is 1. The lowest BCUT2D eigenvalue weighted by Crippen LogP contribution is -2.27. The molecule has 7 nitrogen and oxygen atoms in total. The molecule has 0 bridgehead atoms. The topological polar surface area (TPSA) is 93.7 Å². The van der Waals surface area contributed by atoms with Crippen LogP contribution in [0, 0.1) is 0 Å². The second-order valence-electron chi connectivity index (χ2n) is 5.29. The maximum absolute atomic E-state index is 12.6. The van der Waals surface area contributed by atoms with Crippen LogP contribution in [0.2, 0.25) is 5.02 Å². The summed E-state index contributed by atoms with van der Waals surface area (Å²) >= 11 is 6.08. The molecule has 0 aliphatic carbocycles. The van der Waals surface area contributed by atoms with Crippen molar-refractivity contribution in [3.05, 3.63) is 47.0 Å². The molecule has 25 heavy (non-hydrogen) atoms. The van der Waals surface area contributed by atoms with Crippen molar-refractivity contribution in [2.75, 3.05) is 19.0 Å². The smallest absolute Gasteiger partial charge is 0.262 e. The molecular weight excluding hydrogens is 368 g/mol. The summed E-state index contributed by atoms with van der Waals surface area (Å²) in [4.78, 5) is 11.2. The van der Waals surface area contributed by atoms with E-state index in [1.54, 1.807) is 24.3 Å². The van der Waals surface area contributed by atoms with Gasteiger partial charge in [0.2, 0.25) is 10.0 Å². The fourth-order valence-corrected chi connectivity index (χ4v) is 3.88.